The van der Waals surface area contributed by atoms with Crippen LogP contribution < -0.4 is 0 Å². The van der Waals surface area contributed by atoms with E-state index < -0.39 is 12.1 Å². The van der Waals surface area contributed by atoms with Crippen LogP contribution in [0.15, 0.2) is 60.8 Å². The number of ketones is 2. The van der Waals surface area contributed by atoms with E-state index in [0.29, 0.717) is 17.7 Å². The second-order valence-electron chi connectivity index (χ2n) is 8.43. The van der Waals surface area contributed by atoms with Crippen molar-refractivity contribution >= 4 is 34.4 Å². The highest BCUT2D eigenvalue weighted by Crippen LogP contribution is 2.33. The van der Waals surface area contributed by atoms with Crippen LogP contribution in [0.2, 0.25) is 0 Å². The van der Waals surface area contributed by atoms with Gasteiger partial charge in [0.05, 0.1) is 12.6 Å². The molecular formula is C26H26N3O2+. The van der Waals surface area contributed by atoms with Crippen molar-refractivity contribution in [2.75, 3.05) is 6.54 Å². The molecule has 5 rings (SSSR count). The highest BCUT2D eigenvalue weighted by Gasteiger charge is 2.58. The van der Waals surface area contributed by atoms with Gasteiger partial charge in [0.25, 0.3) is 5.84 Å². The van der Waals surface area contributed by atoms with Crippen molar-refractivity contribution in [1.82, 2.24) is 9.88 Å². The fourth-order valence-corrected chi connectivity index (χ4v) is 5.06. The number of nitrogens with zero attached hydrogens (tertiary/aromatic N) is 2. The van der Waals surface area contributed by atoms with Gasteiger partial charge in [-0.3, -0.25) is 9.59 Å². The summed E-state index contributed by atoms with van der Waals surface area (Å²) in [6.07, 6.45) is 6.13. The summed E-state index contributed by atoms with van der Waals surface area (Å²) in [6, 6.07) is 14.5. The lowest BCUT2D eigenvalue weighted by molar-refractivity contribution is -0.538. The van der Waals surface area contributed by atoms with Crippen LogP contribution in [0.1, 0.15) is 47.1 Å². The molecule has 2 heterocycles. The molecular weight excluding hydrogens is 386 g/mol. The van der Waals surface area contributed by atoms with Gasteiger partial charge in [-0.1, -0.05) is 42.5 Å². The lowest BCUT2D eigenvalue weighted by atomic mass is 9.82. The van der Waals surface area contributed by atoms with Crippen LogP contribution in [-0.2, 0) is 0 Å². The number of aromatic amines is 1. The minimum atomic E-state index is -0.495. The topological polar surface area (TPSA) is 56.2 Å². The third-order valence-corrected chi connectivity index (χ3v) is 6.42. The van der Waals surface area contributed by atoms with Gasteiger partial charge in [-0.2, -0.15) is 0 Å². The smallest absolute Gasteiger partial charge is 0.273 e. The average molecular weight is 413 g/mol. The summed E-state index contributed by atoms with van der Waals surface area (Å²) in [4.78, 5) is 32.4. The van der Waals surface area contributed by atoms with Crippen LogP contribution in [0.3, 0.4) is 0 Å². The standard InChI is InChI=1S/C26H25N3O2/c1-4-28-22(14-13-17-15-27-21-12-8-7-9-18(17)21)29(16(2)3)24-23(28)25(30)19-10-5-6-11-20(19)26(24)31/h5-16,23-24H,4H2,1-3H3/p+1. The predicted octanol–water partition coefficient (Wildman–Crippen LogP) is 4.15. The lowest BCUT2D eigenvalue weighted by Gasteiger charge is -2.28. The number of hydrogen-bond acceptors (Lipinski definition) is 3. The number of para-hydroxylation sites is 1. The Morgan fingerprint density at radius 1 is 1.00 bits per heavy atom. The molecule has 31 heavy (non-hydrogen) atoms. The Kier molecular flexibility index (Phi) is 4.62. The minimum Gasteiger partial charge on any atom is -0.361 e. The van der Waals surface area contributed by atoms with Crippen LogP contribution in [0.4, 0.5) is 0 Å². The molecule has 0 fully saturated rings. The number of benzene rings is 2. The van der Waals surface area contributed by atoms with Crippen molar-refractivity contribution in [3.8, 4) is 0 Å². The molecule has 0 bridgehead atoms. The normalized spacial score (nSPS) is 21.0. The van der Waals surface area contributed by atoms with E-state index in [4.69, 9.17) is 0 Å². The molecule has 0 spiro atoms. The zero-order chi connectivity index (χ0) is 21.7. The second-order valence-corrected chi connectivity index (χ2v) is 8.43. The van der Waals surface area contributed by atoms with Gasteiger partial charge in [0.1, 0.15) is 0 Å². The summed E-state index contributed by atoms with van der Waals surface area (Å²) < 4.78 is 2.09. The minimum absolute atomic E-state index is 0.0304. The van der Waals surface area contributed by atoms with Gasteiger partial charge in [0, 0.05) is 39.9 Å². The number of likely N-dealkylation sites (N-methyl/N-ethyl adjacent to an activating group) is 1. The van der Waals surface area contributed by atoms with E-state index >= 15 is 0 Å². The molecule has 156 valence electrons. The van der Waals surface area contributed by atoms with Gasteiger partial charge in [0.2, 0.25) is 23.7 Å². The molecule has 1 aliphatic carbocycles. The van der Waals surface area contributed by atoms with Crippen molar-refractivity contribution < 1.29 is 14.2 Å². The van der Waals surface area contributed by atoms with Crippen molar-refractivity contribution in [2.45, 2.75) is 38.9 Å². The summed E-state index contributed by atoms with van der Waals surface area (Å²) in [5.74, 6) is 0.985. The van der Waals surface area contributed by atoms with Crippen molar-refractivity contribution in [3.63, 3.8) is 0 Å². The molecule has 1 aromatic heterocycles. The van der Waals surface area contributed by atoms with Gasteiger partial charge in [-0.15, -0.1) is 0 Å². The van der Waals surface area contributed by atoms with E-state index in [1.54, 1.807) is 12.1 Å². The molecule has 2 atom stereocenters. The fraction of sp³-hybridized carbons (Fsp3) is 0.269. The highest BCUT2D eigenvalue weighted by molar-refractivity contribution is 6.20. The van der Waals surface area contributed by atoms with Gasteiger partial charge in [0.15, 0.2) is 0 Å². The number of carbonyl (C=O) groups excluding carboxylic acids is 2. The van der Waals surface area contributed by atoms with Gasteiger partial charge in [-0.05, 0) is 32.9 Å². The van der Waals surface area contributed by atoms with E-state index in [1.165, 1.54) is 0 Å². The second kappa shape index (κ2) is 7.34. The Balaban J connectivity index is 1.63. The average Bonchev–Trinajstić information content (AvgIpc) is 3.35. The molecule has 2 unspecified atom stereocenters. The Bertz CT molecular complexity index is 1260. The number of amidine groups is 1. The highest BCUT2D eigenvalue weighted by atomic mass is 16.1. The number of carbonyl (C=O) groups is 2. The molecule has 0 saturated carbocycles. The zero-order valence-electron chi connectivity index (χ0n) is 18.0. The molecule has 0 saturated heterocycles. The van der Waals surface area contributed by atoms with Gasteiger partial charge in [-0.25, -0.2) is 9.48 Å². The molecule has 2 aromatic carbocycles. The molecule has 1 aliphatic heterocycles. The van der Waals surface area contributed by atoms with Crippen LogP contribution in [0.25, 0.3) is 17.0 Å². The molecule has 2 aliphatic rings. The molecule has 0 radical (unpaired) electrons. The summed E-state index contributed by atoms with van der Waals surface area (Å²) in [7, 11) is 0. The van der Waals surface area contributed by atoms with E-state index in [-0.39, 0.29) is 17.6 Å². The Labute approximate surface area is 181 Å². The predicted molar refractivity (Wildman–Crippen MR) is 123 cm³/mol. The third-order valence-electron chi connectivity index (χ3n) is 6.42. The van der Waals surface area contributed by atoms with Gasteiger partial charge >= 0.3 is 0 Å². The molecule has 5 nitrogen and oxygen atoms in total. The van der Waals surface area contributed by atoms with Crippen LogP contribution in [0.5, 0.6) is 0 Å². The van der Waals surface area contributed by atoms with Crippen molar-refractivity contribution in [2.24, 2.45) is 0 Å². The van der Waals surface area contributed by atoms with Crippen LogP contribution >= 0.6 is 0 Å². The SMILES string of the molecule is CC[N+]1=C(/C=C/c2c[nH]c3ccccc23)N(C(C)C)C2C(=O)c3ccccc3C(=O)C21. The first-order valence-corrected chi connectivity index (χ1v) is 10.9. The maximum Gasteiger partial charge on any atom is 0.273 e. The summed E-state index contributed by atoms with van der Waals surface area (Å²) >= 11 is 0. The van der Waals surface area contributed by atoms with E-state index in [1.807, 2.05) is 37.4 Å². The summed E-state index contributed by atoms with van der Waals surface area (Å²) in [6.45, 7) is 6.85. The third kappa shape index (κ3) is 2.87. The van der Waals surface area contributed by atoms with Crippen LogP contribution in [-0.4, -0.2) is 56.5 Å². The number of nitrogens with one attached hydrogen (secondary N) is 1. The number of hydrogen-bond donors (Lipinski definition) is 1. The number of aromatic nitrogens is 1. The number of Topliss-reactive ketones (excluding diaryl/α,β-unsaturated/α-hetero) is 2. The Morgan fingerprint density at radius 2 is 1.68 bits per heavy atom. The molecule has 0 amide bonds. The number of H-pyrrole nitrogens is 1. The maximum absolute atomic E-state index is 13.5. The number of rotatable bonds is 4. The molecule has 3 aromatic rings. The monoisotopic (exact) mass is 412 g/mol. The van der Waals surface area contributed by atoms with Crippen LogP contribution in [0, 0.1) is 0 Å². The molecule has 5 heteroatoms. The zero-order valence-corrected chi connectivity index (χ0v) is 18.0. The first kappa shape index (κ1) is 19.5. The number of fused-ring (bicyclic) bond motifs is 3. The molecule has 1 N–H and O–H groups in total. The fourth-order valence-electron chi connectivity index (χ4n) is 5.06. The van der Waals surface area contributed by atoms with E-state index in [2.05, 4.69) is 52.6 Å². The largest absolute Gasteiger partial charge is 0.361 e. The summed E-state index contributed by atoms with van der Waals surface area (Å²) in [5, 5.41) is 1.15. The van der Waals surface area contributed by atoms with Crippen molar-refractivity contribution in [3.05, 3.63) is 77.5 Å². The Morgan fingerprint density at radius 3 is 2.39 bits per heavy atom. The first-order chi connectivity index (χ1) is 15.0. The quantitative estimate of drug-likeness (QED) is 0.655. The van der Waals surface area contributed by atoms with E-state index in [0.717, 1.165) is 22.3 Å². The summed E-state index contributed by atoms with van der Waals surface area (Å²) in [5.41, 5.74) is 3.25. The maximum atomic E-state index is 13.5. The lowest BCUT2D eigenvalue weighted by Crippen LogP contribution is -2.54. The Hall–Kier alpha value is -3.47. The van der Waals surface area contributed by atoms with E-state index in [9.17, 15) is 9.59 Å². The van der Waals surface area contributed by atoms with Crippen molar-refractivity contribution in [1.29, 1.82) is 0 Å². The van der Waals surface area contributed by atoms with Gasteiger partial charge < -0.3 is 4.98 Å². The first-order valence-electron chi connectivity index (χ1n) is 10.9.